The minimum absolute atomic E-state index is 0.120. The first-order valence-corrected chi connectivity index (χ1v) is 9.54. The predicted molar refractivity (Wildman–Crippen MR) is 93.8 cm³/mol. The van der Waals surface area contributed by atoms with Crippen molar-refractivity contribution in [3.63, 3.8) is 0 Å². The van der Waals surface area contributed by atoms with E-state index in [1.54, 1.807) is 30.6 Å². The number of sulfonamides is 1. The van der Waals surface area contributed by atoms with E-state index in [1.165, 1.54) is 28.9 Å². The summed E-state index contributed by atoms with van der Waals surface area (Å²) >= 11 is 0. The smallest absolute Gasteiger partial charge is 0.390 e. The van der Waals surface area contributed by atoms with Crippen molar-refractivity contribution in [2.45, 2.75) is 12.6 Å². The minimum Gasteiger partial charge on any atom is -0.438 e. The van der Waals surface area contributed by atoms with Gasteiger partial charge in [0, 0.05) is 24.1 Å². The van der Waals surface area contributed by atoms with E-state index >= 15 is 0 Å². The number of hydrogen-bond donors (Lipinski definition) is 1. The molecule has 0 aliphatic rings. The molecule has 1 N–H and O–H groups in total. The highest BCUT2D eigenvalue weighted by molar-refractivity contribution is 7.92. The maximum absolute atomic E-state index is 12.2. The van der Waals surface area contributed by atoms with Crippen LogP contribution in [-0.4, -0.2) is 40.3 Å². The van der Waals surface area contributed by atoms with Crippen molar-refractivity contribution in [1.29, 1.82) is 0 Å². The Kier molecular flexibility index (Phi) is 5.49. The van der Waals surface area contributed by atoms with Gasteiger partial charge in [0.2, 0.25) is 15.9 Å². The Morgan fingerprint density at radius 1 is 1.07 bits per heavy atom. The van der Waals surface area contributed by atoms with Gasteiger partial charge in [0.05, 0.1) is 12.2 Å². The van der Waals surface area contributed by atoms with Gasteiger partial charge in [-0.25, -0.2) is 13.1 Å². The first kappa shape index (κ1) is 19.6. The van der Waals surface area contributed by atoms with E-state index in [-0.39, 0.29) is 11.6 Å². The molecular weight excluding hydrogens is 399 g/mol. The lowest BCUT2D eigenvalue weighted by molar-refractivity contribution is -0.129. The fourth-order valence-electron chi connectivity index (χ4n) is 2.09. The van der Waals surface area contributed by atoms with E-state index in [1.807, 2.05) is 0 Å². The SMILES string of the molecule is O=S(=O)(CCC(F)(F)F)Nc1ccc(Oc2ccc(-n3cccn3)nn2)cc1. The third-order valence-electron chi connectivity index (χ3n) is 3.37. The summed E-state index contributed by atoms with van der Waals surface area (Å²) < 4.78 is 69.0. The van der Waals surface area contributed by atoms with Crippen LogP contribution in [0.5, 0.6) is 11.6 Å². The molecule has 0 radical (unpaired) electrons. The highest BCUT2D eigenvalue weighted by Crippen LogP contribution is 2.23. The molecule has 148 valence electrons. The molecule has 0 bridgehead atoms. The van der Waals surface area contributed by atoms with Crippen molar-refractivity contribution < 1.29 is 26.3 Å². The van der Waals surface area contributed by atoms with Gasteiger partial charge in [-0.3, -0.25) is 4.72 Å². The van der Waals surface area contributed by atoms with Gasteiger partial charge in [0.15, 0.2) is 5.82 Å². The number of anilines is 1. The lowest BCUT2D eigenvalue weighted by Gasteiger charge is -2.10. The van der Waals surface area contributed by atoms with E-state index in [0.717, 1.165) is 0 Å². The lowest BCUT2D eigenvalue weighted by Crippen LogP contribution is -2.21. The highest BCUT2D eigenvalue weighted by Gasteiger charge is 2.29. The molecule has 0 saturated carbocycles. The van der Waals surface area contributed by atoms with Crippen LogP contribution in [0, 0.1) is 0 Å². The number of aromatic nitrogens is 4. The van der Waals surface area contributed by atoms with E-state index in [4.69, 9.17) is 4.74 Å². The van der Waals surface area contributed by atoms with Crippen LogP contribution < -0.4 is 9.46 Å². The largest absolute Gasteiger partial charge is 0.438 e. The number of nitrogens with zero attached hydrogens (tertiary/aromatic N) is 4. The Hall–Kier alpha value is -3.15. The molecule has 3 rings (SSSR count). The summed E-state index contributed by atoms with van der Waals surface area (Å²) in [4.78, 5) is 0. The fraction of sp³-hybridized carbons (Fsp3) is 0.188. The molecule has 0 spiro atoms. The average molecular weight is 413 g/mol. The standard InChI is InChI=1S/C16H14F3N5O3S/c17-16(18,19)8-11-28(25,26)23-12-2-4-13(5-3-12)27-15-7-6-14(21-22-15)24-10-1-9-20-24/h1-7,9-10,23H,8,11H2. The van der Waals surface area contributed by atoms with Gasteiger partial charge < -0.3 is 4.74 Å². The number of hydrogen-bond acceptors (Lipinski definition) is 6. The Morgan fingerprint density at radius 2 is 1.82 bits per heavy atom. The molecule has 3 aromatic rings. The first-order valence-electron chi connectivity index (χ1n) is 7.89. The summed E-state index contributed by atoms with van der Waals surface area (Å²) in [6, 6.07) is 10.6. The molecule has 0 saturated heterocycles. The van der Waals surface area contributed by atoms with Crippen LogP contribution in [0.25, 0.3) is 5.82 Å². The van der Waals surface area contributed by atoms with Crippen molar-refractivity contribution in [3.8, 4) is 17.4 Å². The van der Waals surface area contributed by atoms with Gasteiger partial charge in [0.1, 0.15) is 5.75 Å². The third kappa shape index (κ3) is 5.67. The second kappa shape index (κ2) is 7.84. The predicted octanol–water partition coefficient (Wildman–Crippen LogP) is 3.15. The molecule has 0 fully saturated rings. The summed E-state index contributed by atoms with van der Waals surface area (Å²) in [6.07, 6.45) is -2.65. The Morgan fingerprint density at radius 3 is 2.39 bits per heavy atom. The van der Waals surface area contributed by atoms with Crippen LogP contribution in [0.1, 0.15) is 6.42 Å². The highest BCUT2D eigenvalue weighted by atomic mass is 32.2. The Balaban J connectivity index is 1.60. The quantitative estimate of drug-likeness (QED) is 0.639. The van der Waals surface area contributed by atoms with Crippen molar-refractivity contribution in [3.05, 3.63) is 54.9 Å². The summed E-state index contributed by atoms with van der Waals surface area (Å²) in [5.74, 6) is 0.00203. The van der Waals surface area contributed by atoms with Crippen LogP contribution >= 0.6 is 0 Å². The number of halogens is 3. The zero-order valence-corrected chi connectivity index (χ0v) is 15.0. The van der Waals surface area contributed by atoms with Crippen LogP contribution in [0.15, 0.2) is 54.9 Å². The van der Waals surface area contributed by atoms with E-state index in [9.17, 15) is 21.6 Å². The van der Waals surface area contributed by atoms with Crippen LogP contribution in [0.2, 0.25) is 0 Å². The van der Waals surface area contributed by atoms with Crippen LogP contribution in [-0.2, 0) is 10.0 Å². The van der Waals surface area contributed by atoms with E-state index in [0.29, 0.717) is 11.6 Å². The number of benzene rings is 1. The normalized spacial score (nSPS) is 12.0. The zero-order chi connectivity index (χ0) is 20.2. The summed E-state index contributed by atoms with van der Waals surface area (Å²) in [6.45, 7) is 0. The van der Waals surface area contributed by atoms with Gasteiger partial charge in [-0.15, -0.1) is 10.2 Å². The molecule has 8 nitrogen and oxygen atoms in total. The molecule has 0 aliphatic carbocycles. The average Bonchev–Trinajstić information content (AvgIpc) is 3.16. The molecule has 0 aliphatic heterocycles. The molecule has 0 atom stereocenters. The van der Waals surface area contributed by atoms with Crippen LogP contribution in [0.4, 0.5) is 18.9 Å². The minimum atomic E-state index is -4.54. The van der Waals surface area contributed by atoms with Gasteiger partial charge in [0.25, 0.3) is 0 Å². The molecule has 0 unspecified atom stereocenters. The van der Waals surface area contributed by atoms with Crippen molar-refractivity contribution in [2.24, 2.45) is 0 Å². The maximum atomic E-state index is 12.2. The topological polar surface area (TPSA) is 99.0 Å². The molecule has 1 aromatic carbocycles. The number of alkyl halides is 3. The van der Waals surface area contributed by atoms with Crippen molar-refractivity contribution in [1.82, 2.24) is 20.0 Å². The Bertz CT molecular complexity index is 1010. The van der Waals surface area contributed by atoms with Crippen LogP contribution in [0.3, 0.4) is 0 Å². The molecule has 0 amide bonds. The maximum Gasteiger partial charge on any atom is 0.390 e. The Labute approximate surface area is 158 Å². The number of rotatable bonds is 7. The van der Waals surface area contributed by atoms with Gasteiger partial charge >= 0.3 is 6.18 Å². The number of nitrogens with one attached hydrogen (secondary N) is 1. The van der Waals surface area contributed by atoms with E-state index < -0.39 is 28.4 Å². The fourth-order valence-corrected chi connectivity index (χ4v) is 3.18. The summed E-state index contributed by atoms with van der Waals surface area (Å²) in [5.41, 5.74) is 0.120. The van der Waals surface area contributed by atoms with E-state index in [2.05, 4.69) is 20.0 Å². The number of ether oxygens (including phenoxy) is 1. The first-order chi connectivity index (χ1) is 13.2. The lowest BCUT2D eigenvalue weighted by atomic mass is 10.3. The molecular formula is C16H14F3N5O3S. The molecule has 2 heterocycles. The summed E-state index contributed by atoms with van der Waals surface area (Å²) in [7, 11) is -4.11. The second-order valence-corrected chi connectivity index (χ2v) is 7.43. The molecule has 12 heteroatoms. The van der Waals surface area contributed by atoms with Crippen molar-refractivity contribution in [2.75, 3.05) is 10.5 Å². The molecule has 28 heavy (non-hydrogen) atoms. The molecule has 2 aromatic heterocycles. The second-order valence-electron chi connectivity index (χ2n) is 5.59. The summed E-state index contributed by atoms with van der Waals surface area (Å²) in [5, 5.41) is 11.9. The third-order valence-corrected chi connectivity index (χ3v) is 4.66. The van der Waals surface area contributed by atoms with Crippen molar-refractivity contribution >= 4 is 15.7 Å². The van der Waals surface area contributed by atoms with Gasteiger partial charge in [-0.05, 0) is 36.4 Å². The monoisotopic (exact) mass is 413 g/mol. The van der Waals surface area contributed by atoms with Gasteiger partial charge in [-0.2, -0.15) is 18.3 Å². The van der Waals surface area contributed by atoms with Gasteiger partial charge in [-0.1, -0.05) is 0 Å². The zero-order valence-electron chi connectivity index (χ0n) is 14.2.